The van der Waals surface area contributed by atoms with Crippen LogP contribution in [0.4, 0.5) is 11.4 Å². The van der Waals surface area contributed by atoms with Crippen molar-refractivity contribution < 1.29 is 0 Å². The van der Waals surface area contributed by atoms with Gasteiger partial charge in [-0.2, -0.15) is 15.8 Å². The van der Waals surface area contributed by atoms with Crippen LogP contribution in [0.3, 0.4) is 0 Å². The number of benzene rings is 3. The van der Waals surface area contributed by atoms with E-state index in [4.69, 9.17) is 11.6 Å². The molecule has 6 rings (SSSR count). The van der Waals surface area contributed by atoms with Crippen molar-refractivity contribution in [1.29, 1.82) is 15.8 Å². The van der Waals surface area contributed by atoms with E-state index in [0.717, 1.165) is 29.5 Å². The summed E-state index contributed by atoms with van der Waals surface area (Å²) in [4.78, 5) is 4.52. The Hall–Kier alpha value is -5.43. The summed E-state index contributed by atoms with van der Waals surface area (Å²) in [6.07, 6.45) is 6.52. The first-order valence-electron chi connectivity index (χ1n) is 14.4. The quantitative estimate of drug-likeness (QED) is 0.168. The van der Waals surface area contributed by atoms with Crippen LogP contribution in [0.15, 0.2) is 73.1 Å². The average molecular weight is 598 g/mol. The number of hydrogen-bond acceptors (Lipinski definition) is 8. The second-order valence-electron chi connectivity index (χ2n) is 10.9. The van der Waals surface area contributed by atoms with Gasteiger partial charge in [0.2, 0.25) is 0 Å². The Kier molecular flexibility index (Phi) is 8.10. The molecule has 2 N–H and O–H groups in total. The molecule has 0 radical (unpaired) electrons. The van der Waals surface area contributed by atoms with Crippen LogP contribution in [0.5, 0.6) is 0 Å². The summed E-state index contributed by atoms with van der Waals surface area (Å²) in [5.41, 5.74) is 6.23. The zero-order valence-electron chi connectivity index (χ0n) is 24.0. The van der Waals surface area contributed by atoms with Gasteiger partial charge >= 0.3 is 0 Å². The smallest absolute Gasteiger partial charge is 0.109 e. The predicted molar refractivity (Wildman–Crippen MR) is 169 cm³/mol. The van der Waals surface area contributed by atoms with Crippen LogP contribution < -0.4 is 10.6 Å². The predicted octanol–water partition coefficient (Wildman–Crippen LogP) is 7.52. The molecule has 0 aliphatic heterocycles. The van der Waals surface area contributed by atoms with Crippen molar-refractivity contribution in [3.05, 3.63) is 112 Å². The van der Waals surface area contributed by atoms with Gasteiger partial charge in [0.25, 0.3) is 0 Å². The lowest BCUT2D eigenvalue weighted by atomic mass is 9.95. The lowest BCUT2D eigenvalue weighted by Crippen LogP contribution is -2.15. The van der Waals surface area contributed by atoms with Gasteiger partial charge in [0, 0.05) is 23.7 Å². The molecule has 1 aliphatic carbocycles. The highest BCUT2D eigenvalue weighted by Gasteiger charge is 2.28. The lowest BCUT2D eigenvalue weighted by molar-refractivity contribution is 0.610. The number of nitrogens with one attached hydrogen (secondary N) is 2. The van der Waals surface area contributed by atoms with E-state index in [2.05, 4.69) is 44.1 Å². The van der Waals surface area contributed by atoms with Gasteiger partial charge in [0.1, 0.15) is 11.8 Å². The van der Waals surface area contributed by atoms with E-state index in [0.29, 0.717) is 63.0 Å². The molecule has 44 heavy (non-hydrogen) atoms. The molecule has 0 spiro atoms. The zero-order chi connectivity index (χ0) is 30.6. The van der Waals surface area contributed by atoms with Crippen LogP contribution in [-0.2, 0) is 0 Å². The third-order valence-corrected chi connectivity index (χ3v) is 8.26. The van der Waals surface area contributed by atoms with Crippen molar-refractivity contribution in [2.75, 3.05) is 10.6 Å². The van der Waals surface area contributed by atoms with Crippen molar-refractivity contribution in [3.63, 3.8) is 0 Å². The maximum Gasteiger partial charge on any atom is 0.109 e. The summed E-state index contributed by atoms with van der Waals surface area (Å²) in [6.45, 7) is 1.93. The number of pyridine rings is 1. The summed E-state index contributed by atoms with van der Waals surface area (Å²) in [5, 5.41) is 46.3. The number of aromatic nitrogens is 4. The number of halogens is 1. The van der Waals surface area contributed by atoms with Gasteiger partial charge in [-0.25, -0.2) is 4.68 Å². The Morgan fingerprint density at radius 1 is 1.00 bits per heavy atom. The molecule has 5 aromatic rings. The topological polar surface area (TPSA) is 139 Å². The van der Waals surface area contributed by atoms with Crippen molar-refractivity contribution in [2.24, 2.45) is 0 Å². The number of nitriles is 3. The Morgan fingerprint density at radius 3 is 2.52 bits per heavy atom. The number of anilines is 2. The minimum absolute atomic E-state index is 0.217. The summed E-state index contributed by atoms with van der Waals surface area (Å²) in [5.74, 6) is 0. The van der Waals surface area contributed by atoms with Crippen molar-refractivity contribution in [1.82, 2.24) is 20.0 Å². The minimum atomic E-state index is -0.430. The molecule has 3 aromatic carbocycles. The van der Waals surface area contributed by atoms with Gasteiger partial charge in [0.05, 0.1) is 63.8 Å². The highest BCUT2D eigenvalue weighted by atomic mass is 35.5. The van der Waals surface area contributed by atoms with E-state index in [1.165, 1.54) is 6.20 Å². The van der Waals surface area contributed by atoms with Crippen LogP contribution in [0, 0.1) is 40.9 Å². The number of nitrogens with zero attached hydrogens (tertiary/aromatic N) is 7. The second kappa shape index (κ2) is 12.4. The second-order valence-corrected chi connectivity index (χ2v) is 11.3. The largest absolute Gasteiger partial charge is 0.377 e. The molecule has 2 heterocycles. The maximum absolute atomic E-state index is 10.1. The Labute approximate surface area is 260 Å². The third kappa shape index (κ3) is 5.77. The summed E-state index contributed by atoms with van der Waals surface area (Å²) in [6, 6.07) is 25.7. The molecule has 1 saturated carbocycles. The molecule has 216 valence electrons. The molecule has 0 saturated heterocycles. The molecule has 0 bridgehead atoms. The normalized spacial score (nSPS) is 13.8. The first-order chi connectivity index (χ1) is 21.5. The molecule has 1 fully saturated rings. The highest BCUT2D eigenvalue weighted by Crippen LogP contribution is 2.39. The monoisotopic (exact) mass is 597 g/mol. The fraction of sp³-hybridized carbons (Fsp3) is 0.235. The van der Waals surface area contributed by atoms with Crippen LogP contribution in [0.25, 0.3) is 10.9 Å². The molecule has 0 amide bonds. The zero-order valence-corrected chi connectivity index (χ0v) is 24.8. The van der Waals surface area contributed by atoms with E-state index < -0.39 is 6.04 Å². The van der Waals surface area contributed by atoms with Crippen LogP contribution in [0.1, 0.15) is 77.3 Å². The van der Waals surface area contributed by atoms with Gasteiger partial charge in [-0.05, 0) is 61.1 Å². The fourth-order valence-electron chi connectivity index (χ4n) is 5.48. The number of fused-ring (bicyclic) bond motifs is 1. The number of hydrogen-bond donors (Lipinski definition) is 2. The molecular weight excluding hydrogens is 570 g/mol. The first kappa shape index (κ1) is 28.7. The van der Waals surface area contributed by atoms with Gasteiger partial charge in [-0.3, -0.25) is 4.98 Å². The molecule has 1 unspecified atom stereocenters. The van der Waals surface area contributed by atoms with Crippen LogP contribution >= 0.6 is 11.6 Å². The van der Waals surface area contributed by atoms with E-state index in [9.17, 15) is 15.8 Å². The van der Waals surface area contributed by atoms with Gasteiger partial charge in [-0.1, -0.05) is 59.3 Å². The Morgan fingerprint density at radius 2 is 1.80 bits per heavy atom. The van der Waals surface area contributed by atoms with E-state index in [1.807, 2.05) is 66.3 Å². The van der Waals surface area contributed by atoms with E-state index in [-0.39, 0.29) is 6.04 Å². The third-order valence-electron chi connectivity index (χ3n) is 7.97. The van der Waals surface area contributed by atoms with Gasteiger partial charge in [-0.15, -0.1) is 5.10 Å². The van der Waals surface area contributed by atoms with Gasteiger partial charge < -0.3 is 10.6 Å². The summed E-state index contributed by atoms with van der Waals surface area (Å²) < 4.78 is 1.90. The maximum atomic E-state index is 10.1. The Bertz CT molecular complexity index is 1960. The molecule has 9 nitrogen and oxygen atoms in total. The molecule has 1 aliphatic rings. The molecule has 10 heteroatoms. The summed E-state index contributed by atoms with van der Waals surface area (Å²) >= 11 is 6.84. The number of rotatable bonds is 10. The molecule has 2 aromatic heterocycles. The summed E-state index contributed by atoms with van der Waals surface area (Å²) in [7, 11) is 0. The van der Waals surface area contributed by atoms with Gasteiger partial charge in [0.15, 0.2) is 0 Å². The van der Waals surface area contributed by atoms with Crippen LogP contribution in [-0.4, -0.2) is 20.0 Å². The molecule has 2 atom stereocenters. The SMILES string of the molecule is Cc1c(C#N)cccc1C(Nc1cc(Cl)c2ncc(C#N)c(N[C@H](CCC#N)c3ccccc3)c2c1)c1cn(C2CC2)nn1. The fourth-order valence-corrected chi connectivity index (χ4v) is 5.75. The minimum Gasteiger partial charge on any atom is -0.377 e. The van der Waals surface area contributed by atoms with Crippen molar-refractivity contribution in [3.8, 4) is 18.2 Å². The van der Waals surface area contributed by atoms with Crippen molar-refractivity contribution in [2.45, 2.75) is 50.7 Å². The van der Waals surface area contributed by atoms with Crippen LogP contribution in [0.2, 0.25) is 5.02 Å². The standard InChI is InChI=1S/C34H28ClN9/c1-21-23(17-37)9-5-10-27(21)34(31-20-44(43-42-31)26-12-13-26)40-25-15-28-32(24(18-38)19-39-33(28)29(35)16-25)41-30(11-6-14-36)22-7-3-2-4-8-22/h2-5,7-10,15-16,19-20,26,30,34,40H,6,11-13H2,1H3,(H,39,41)/t30-,34?/m1/s1. The highest BCUT2D eigenvalue weighted by molar-refractivity contribution is 6.35. The van der Waals surface area contributed by atoms with Crippen molar-refractivity contribution >= 4 is 33.9 Å². The van der Waals surface area contributed by atoms with E-state index in [1.54, 1.807) is 12.1 Å². The van der Waals surface area contributed by atoms with E-state index >= 15 is 0 Å². The average Bonchev–Trinajstić information content (AvgIpc) is 3.79. The Balaban J connectivity index is 1.45. The lowest BCUT2D eigenvalue weighted by Gasteiger charge is -2.23. The molecular formula is C34H28ClN9. The first-order valence-corrected chi connectivity index (χ1v) is 14.8.